The lowest BCUT2D eigenvalue weighted by Crippen LogP contribution is -2.38. The quantitative estimate of drug-likeness (QED) is 0.170. The normalized spacial score (nSPS) is 17.2. The fourth-order valence-corrected chi connectivity index (χ4v) is 5.22. The van der Waals surface area contributed by atoms with Gasteiger partial charge in [-0.25, -0.2) is 8.78 Å². The second-order valence-corrected chi connectivity index (χ2v) is 10.5. The van der Waals surface area contributed by atoms with Gasteiger partial charge in [-0.05, 0) is 66.8 Å². The highest BCUT2D eigenvalue weighted by atomic mass is 35.5. The zero-order chi connectivity index (χ0) is 29.4. The maximum atomic E-state index is 14.1. The predicted molar refractivity (Wildman–Crippen MR) is 157 cm³/mol. The number of nitrogens with one attached hydrogen (secondary N) is 4. The lowest BCUT2D eigenvalue weighted by atomic mass is 10.0. The maximum Gasteiger partial charge on any atom is 0.123 e. The van der Waals surface area contributed by atoms with Crippen LogP contribution in [-0.2, 0) is 0 Å². The van der Waals surface area contributed by atoms with Gasteiger partial charge in [0.05, 0.1) is 40.9 Å². The molecule has 1 aliphatic heterocycles. The van der Waals surface area contributed by atoms with Crippen molar-refractivity contribution in [1.82, 2.24) is 21.0 Å². The van der Waals surface area contributed by atoms with Crippen molar-refractivity contribution >= 4 is 33.9 Å². The highest BCUT2D eigenvalue weighted by Gasteiger charge is 2.32. The number of hydrogen-bond donors (Lipinski definition) is 4. The number of aromatic nitrogens is 1. The van der Waals surface area contributed by atoms with E-state index in [0.717, 1.165) is 18.4 Å². The molecular formula is C31H28ClF2N7. The third kappa shape index (κ3) is 5.62. The van der Waals surface area contributed by atoms with E-state index in [-0.39, 0.29) is 11.9 Å². The van der Waals surface area contributed by atoms with Gasteiger partial charge in [0.15, 0.2) is 0 Å². The third-order valence-electron chi connectivity index (χ3n) is 7.22. The van der Waals surface area contributed by atoms with Gasteiger partial charge in [-0.3, -0.25) is 9.99 Å². The summed E-state index contributed by atoms with van der Waals surface area (Å²) in [5.74, 6) is -0.755. The molecule has 0 amide bonds. The summed E-state index contributed by atoms with van der Waals surface area (Å²) in [6.45, 7) is 1.97. The lowest BCUT2D eigenvalue weighted by molar-refractivity contribution is 0.260. The summed E-state index contributed by atoms with van der Waals surface area (Å²) in [4.78, 5) is 4.44. The van der Waals surface area contributed by atoms with Crippen LogP contribution in [0, 0.1) is 23.0 Å². The van der Waals surface area contributed by atoms with E-state index in [1.807, 2.05) is 24.2 Å². The summed E-state index contributed by atoms with van der Waals surface area (Å²) >= 11 is 6.74. The molecule has 0 radical (unpaired) electrons. The minimum absolute atomic E-state index is 0.296. The molecule has 1 aliphatic carbocycles. The predicted octanol–water partition coefficient (Wildman–Crippen LogP) is 7.08. The Kier molecular flexibility index (Phi) is 7.01. The zero-order valence-corrected chi connectivity index (χ0v) is 22.9. The summed E-state index contributed by atoms with van der Waals surface area (Å²) in [5, 5.41) is 19.5. The van der Waals surface area contributed by atoms with Crippen LogP contribution in [0.3, 0.4) is 0 Å². The summed E-state index contributed by atoms with van der Waals surface area (Å²) in [5.41, 5.74) is 9.70. The number of anilines is 2. The first-order valence-corrected chi connectivity index (χ1v) is 13.8. The smallest absolute Gasteiger partial charge is 0.123 e. The summed E-state index contributed by atoms with van der Waals surface area (Å²) < 4.78 is 37.5. The van der Waals surface area contributed by atoms with Crippen LogP contribution < -0.4 is 21.6 Å². The molecule has 1 saturated carbocycles. The van der Waals surface area contributed by atoms with E-state index in [1.54, 1.807) is 30.3 Å². The zero-order valence-electron chi connectivity index (χ0n) is 23.2. The second kappa shape index (κ2) is 11.2. The number of rotatable bonds is 9. The van der Waals surface area contributed by atoms with Crippen LogP contribution >= 0.6 is 11.6 Å². The largest absolute Gasteiger partial charge is 0.377 e. The Morgan fingerprint density at radius 1 is 1.12 bits per heavy atom. The first kappa shape index (κ1) is 25.6. The number of nitrogens with zero attached hydrogens (tertiary/aromatic N) is 3. The van der Waals surface area contributed by atoms with E-state index in [2.05, 4.69) is 32.6 Å². The molecule has 4 aromatic rings. The van der Waals surface area contributed by atoms with E-state index in [1.165, 1.54) is 30.5 Å². The van der Waals surface area contributed by atoms with Crippen LogP contribution in [-0.4, -0.2) is 16.0 Å². The highest BCUT2D eigenvalue weighted by molar-refractivity contribution is 6.35. The highest BCUT2D eigenvalue weighted by Crippen LogP contribution is 2.38. The van der Waals surface area contributed by atoms with Crippen molar-refractivity contribution in [3.8, 4) is 6.07 Å². The minimum atomic E-state index is -1.57. The Bertz CT molecular complexity index is 1720. The van der Waals surface area contributed by atoms with E-state index < -0.39 is 11.8 Å². The number of hydrogen-bond acceptors (Lipinski definition) is 7. The van der Waals surface area contributed by atoms with Gasteiger partial charge in [-0.1, -0.05) is 42.8 Å². The summed E-state index contributed by atoms with van der Waals surface area (Å²) in [6, 6.07) is 16.2. The van der Waals surface area contributed by atoms with E-state index >= 15 is 0 Å². The lowest BCUT2D eigenvalue weighted by Gasteiger charge is -2.23. The molecule has 0 spiro atoms. The van der Waals surface area contributed by atoms with Crippen molar-refractivity contribution in [1.29, 1.82) is 5.26 Å². The van der Waals surface area contributed by atoms with Gasteiger partial charge in [0.2, 0.25) is 0 Å². The van der Waals surface area contributed by atoms with Gasteiger partial charge in [0.25, 0.3) is 0 Å². The van der Waals surface area contributed by atoms with Gasteiger partial charge in [0, 0.05) is 29.5 Å². The van der Waals surface area contributed by atoms with Gasteiger partial charge >= 0.3 is 0 Å². The number of nitriles is 1. The van der Waals surface area contributed by atoms with Crippen LogP contribution in [0.1, 0.15) is 56.3 Å². The second-order valence-electron chi connectivity index (χ2n) is 10.1. The number of halogens is 3. The molecule has 0 unspecified atom stereocenters. The molecular weight excluding hydrogens is 544 g/mol. The number of fused-ring (bicyclic) bond motifs is 1. The molecule has 1 aromatic heterocycles. The molecule has 2 atom stereocenters. The number of hydrazine groups is 2. The Balaban J connectivity index is 1.44. The van der Waals surface area contributed by atoms with Crippen LogP contribution in [0.5, 0.6) is 0 Å². The van der Waals surface area contributed by atoms with Gasteiger partial charge in [0.1, 0.15) is 17.7 Å². The molecule has 3 aromatic carbocycles. The van der Waals surface area contributed by atoms with Crippen molar-refractivity contribution in [3.05, 3.63) is 112 Å². The van der Waals surface area contributed by atoms with Crippen molar-refractivity contribution in [2.75, 3.05) is 10.6 Å². The van der Waals surface area contributed by atoms with Gasteiger partial charge in [-0.15, -0.1) is 5.53 Å². The van der Waals surface area contributed by atoms with Crippen LogP contribution in [0.25, 0.3) is 10.9 Å². The molecule has 1 fully saturated rings. The standard InChI is InChI=1S/C31H28ClF2N7/c1-2-27(19-4-3-5-22(34)12-19)38-29-20(15-35)16-36-31-25(29)13-23(14-26(31)32)37-30(18-6-8-21(33)9-7-18)28-17-41(40-39-28)24-10-11-24/h3-9,12-14,16-17,24,27,30,37,39-40H,2,10-11H2,1H3,(H,36,38)/t27-,30+/m1/s1/i30D. The first-order chi connectivity index (χ1) is 20.3. The van der Waals surface area contributed by atoms with Crippen LogP contribution in [0.2, 0.25) is 5.02 Å². The molecule has 7 nitrogen and oxygen atoms in total. The summed E-state index contributed by atoms with van der Waals surface area (Å²) in [6.07, 6.45) is 6.02. The molecule has 10 heteroatoms. The Morgan fingerprint density at radius 3 is 2.63 bits per heavy atom. The van der Waals surface area contributed by atoms with Crippen molar-refractivity contribution in [2.45, 2.75) is 44.3 Å². The first-order valence-electron chi connectivity index (χ1n) is 13.9. The van der Waals surface area contributed by atoms with E-state index in [0.29, 0.717) is 56.6 Å². The third-order valence-corrected chi connectivity index (χ3v) is 7.51. The monoisotopic (exact) mass is 572 g/mol. The SMILES string of the molecule is [2H][C@@](Nc1cc(Cl)c2ncc(C#N)c(N[C@H](CC)c3cccc(F)c3)c2c1)(C1=CN(C2CC2)NN1)c1ccc(F)cc1. The average molecular weight is 573 g/mol. The maximum absolute atomic E-state index is 14.1. The van der Waals surface area contributed by atoms with E-state index in [9.17, 15) is 15.4 Å². The van der Waals surface area contributed by atoms with Gasteiger partial charge in [-0.2, -0.15) is 5.26 Å². The Morgan fingerprint density at radius 2 is 1.93 bits per heavy atom. The Labute approximate surface area is 243 Å². The minimum Gasteiger partial charge on any atom is -0.377 e. The Hall–Kier alpha value is -4.39. The van der Waals surface area contributed by atoms with Crippen LogP contribution in [0.4, 0.5) is 20.2 Å². The fraction of sp³-hybridized carbons (Fsp3) is 0.226. The molecule has 41 heavy (non-hydrogen) atoms. The molecule has 0 saturated heterocycles. The van der Waals surface area contributed by atoms with E-state index in [4.69, 9.17) is 11.6 Å². The van der Waals surface area contributed by atoms with Crippen molar-refractivity contribution in [3.63, 3.8) is 0 Å². The van der Waals surface area contributed by atoms with Gasteiger partial charge < -0.3 is 16.1 Å². The van der Waals surface area contributed by atoms with Crippen LogP contribution in [0.15, 0.2) is 78.8 Å². The molecule has 4 N–H and O–H groups in total. The molecule has 2 aliphatic rings. The number of benzene rings is 3. The molecule has 0 bridgehead atoms. The molecule has 6 rings (SSSR count). The van der Waals surface area contributed by atoms with Crippen molar-refractivity contribution in [2.24, 2.45) is 0 Å². The molecule has 2 heterocycles. The summed E-state index contributed by atoms with van der Waals surface area (Å²) in [7, 11) is 0. The molecule has 208 valence electrons. The average Bonchev–Trinajstić information content (AvgIpc) is 3.71. The van der Waals surface area contributed by atoms with Crippen molar-refractivity contribution < 1.29 is 10.2 Å². The fourth-order valence-electron chi connectivity index (χ4n) is 4.95. The number of pyridine rings is 1. The topological polar surface area (TPSA) is 88.0 Å².